The van der Waals surface area contributed by atoms with E-state index in [1.807, 2.05) is 0 Å². The van der Waals surface area contributed by atoms with Crippen LogP contribution in [0.25, 0.3) is 0 Å². The van der Waals surface area contributed by atoms with Gasteiger partial charge >= 0.3 is 0 Å². The van der Waals surface area contributed by atoms with Gasteiger partial charge in [0, 0.05) is 11.2 Å². The summed E-state index contributed by atoms with van der Waals surface area (Å²) in [5.41, 5.74) is 4.22. The first-order valence-corrected chi connectivity index (χ1v) is 5.64. The number of rotatable bonds is 2. The van der Waals surface area contributed by atoms with Gasteiger partial charge in [-0.25, -0.2) is 0 Å². The molecule has 0 heterocycles. The van der Waals surface area contributed by atoms with Crippen molar-refractivity contribution >= 4 is 5.69 Å². The van der Waals surface area contributed by atoms with Gasteiger partial charge in [0.25, 0.3) is 0 Å². The van der Waals surface area contributed by atoms with E-state index in [2.05, 4.69) is 71.0 Å². The summed E-state index contributed by atoms with van der Waals surface area (Å²) in [6.07, 6.45) is 9.09. The van der Waals surface area contributed by atoms with Crippen LogP contribution in [0.1, 0.15) is 38.8 Å². The minimum atomic E-state index is 0.137. The zero-order chi connectivity index (χ0) is 12.8. The first kappa shape index (κ1) is 14.6. The molecule has 0 bridgehead atoms. The van der Waals surface area contributed by atoms with E-state index in [4.69, 9.17) is 0 Å². The summed E-state index contributed by atoms with van der Waals surface area (Å²) >= 11 is 0. The second-order valence-corrected chi connectivity index (χ2v) is 4.83. The number of terminal acetylenes is 1. The molecule has 1 N–H and O–H groups in total. The highest BCUT2D eigenvalue weighted by Crippen LogP contribution is 2.23. The maximum atomic E-state index is 4.00. The first-order valence-electron chi connectivity index (χ1n) is 5.64. The van der Waals surface area contributed by atoms with Crippen molar-refractivity contribution < 1.29 is 0 Å². The molecule has 0 aliphatic heterocycles. The summed E-state index contributed by atoms with van der Waals surface area (Å²) in [5.74, 6) is 0. The Labute approximate surface area is 100 Å². The molecule has 0 saturated carbocycles. The van der Waals surface area contributed by atoms with Crippen LogP contribution in [0, 0.1) is 19.8 Å². The average Bonchev–Trinajstić information content (AvgIpc) is 2.19. The Bertz CT molecular complexity index is 342. The van der Waals surface area contributed by atoms with Crippen molar-refractivity contribution in [2.45, 2.75) is 46.6 Å². The molecule has 0 saturated heterocycles. The molecule has 0 atom stereocenters. The predicted molar refractivity (Wildman–Crippen MR) is 73.8 cm³/mol. The highest BCUT2D eigenvalue weighted by atomic mass is 15.0. The van der Waals surface area contributed by atoms with E-state index in [9.17, 15) is 0 Å². The zero-order valence-electron chi connectivity index (χ0n) is 11.1. The molecule has 0 spiro atoms. The van der Waals surface area contributed by atoms with Crippen molar-refractivity contribution in [3.8, 4) is 12.8 Å². The molecule has 1 heteroatoms. The molecule has 0 unspecified atom stereocenters. The number of anilines is 1. The van der Waals surface area contributed by atoms with Gasteiger partial charge in [0.15, 0.2) is 0 Å². The lowest BCUT2D eigenvalue weighted by Gasteiger charge is -2.24. The molecule has 0 aliphatic carbocycles. The lowest BCUT2D eigenvalue weighted by Crippen LogP contribution is -2.26. The van der Waals surface area contributed by atoms with Crippen LogP contribution in [-0.4, -0.2) is 5.54 Å². The molecular formula is C15H23N. The third-order valence-corrected chi connectivity index (χ3v) is 2.27. The van der Waals surface area contributed by atoms with Crippen molar-refractivity contribution in [1.82, 2.24) is 0 Å². The van der Waals surface area contributed by atoms with Crippen LogP contribution in [0.2, 0.25) is 0 Å². The van der Waals surface area contributed by atoms with Crippen molar-refractivity contribution in [3.05, 3.63) is 29.3 Å². The Hall–Kier alpha value is -1.42. The summed E-state index contributed by atoms with van der Waals surface area (Å²) < 4.78 is 0. The van der Waals surface area contributed by atoms with Crippen LogP contribution < -0.4 is 5.32 Å². The largest absolute Gasteiger partial charge is 0.380 e. The van der Waals surface area contributed by atoms with E-state index >= 15 is 0 Å². The zero-order valence-corrected chi connectivity index (χ0v) is 11.1. The molecule has 0 radical (unpaired) electrons. The molecule has 1 aromatic carbocycles. The molecule has 88 valence electrons. The summed E-state index contributed by atoms with van der Waals surface area (Å²) in [6, 6.07) is 6.45. The summed E-state index contributed by atoms with van der Waals surface area (Å²) in [4.78, 5) is 0. The van der Waals surface area contributed by atoms with Crippen LogP contribution in [0.4, 0.5) is 5.69 Å². The van der Waals surface area contributed by atoms with Crippen molar-refractivity contribution in [2.75, 3.05) is 5.32 Å². The van der Waals surface area contributed by atoms with Gasteiger partial charge in [-0.1, -0.05) is 19.1 Å². The number of benzene rings is 1. The van der Waals surface area contributed by atoms with Crippen LogP contribution in [0.5, 0.6) is 0 Å². The number of aryl methyl sites for hydroxylation is 1. The molecule has 0 aliphatic rings. The van der Waals surface area contributed by atoms with Crippen molar-refractivity contribution in [3.63, 3.8) is 0 Å². The standard InChI is InChI=1S/C13H21N.C2H2/c1-6-11-10(2)8-7-9-12(11)14-13(3,4)5;1-2/h7-9,14H,6H2,1-5H3;1-2H. The highest BCUT2D eigenvalue weighted by Gasteiger charge is 2.11. The van der Waals surface area contributed by atoms with Gasteiger partial charge in [-0.3, -0.25) is 0 Å². The fourth-order valence-electron chi connectivity index (χ4n) is 1.69. The molecule has 0 aromatic heterocycles. The third kappa shape index (κ3) is 4.40. The van der Waals surface area contributed by atoms with Gasteiger partial charge in [-0.15, -0.1) is 12.8 Å². The van der Waals surface area contributed by atoms with Crippen LogP contribution >= 0.6 is 0 Å². The quantitative estimate of drug-likeness (QED) is 0.738. The highest BCUT2D eigenvalue weighted by molar-refractivity contribution is 5.55. The normalized spacial score (nSPS) is 10.2. The van der Waals surface area contributed by atoms with Gasteiger partial charge in [-0.05, 0) is 51.3 Å². The van der Waals surface area contributed by atoms with Gasteiger partial charge in [0.05, 0.1) is 0 Å². The number of hydrogen-bond donors (Lipinski definition) is 1. The van der Waals surface area contributed by atoms with Crippen molar-refractivity contribution in [1.29, 1.82) is 0 Å². The Morgan fingerprint density at radius 2 is 1.75 bits per heavy atom. The number of nitrogens with one attached hydrogen (secondary N) is 1. The SMILES string of the molecule is C#C.CCc1c(C)cccc1NC(C)(C)C. The topological polar surface area (TPSA) is 12.0 Å². The summed E-state index contributed by atoms with van der Waals surface area (Å²) in [5, 5.41) is 3.54. The summed E-state index contributed by atoms with van der Waals surface area (Å²) in [7, 11) is 0. The predicted octanol–water partition coefficient (Wildman–Crippen LogP) is 4.02. The lowest BCUT2D eigenvalue weighted by atomic mass is 10.0. The first-order chi connectivity index (χ1) is 7.44. The minimum Gasteiger partial charge on any atom is -0.380 e. The fourth-order valence-corrected chi connectivity index (χ4v) is 1.69. The van der Waals surface area contributed by atoms with Gasteiger partial charge in [-0.2, -0.15) is 0 Å². The van der Waals surface area contributed by atoms with Crippen molar-refractivity contribution in [2.24, 2.45) is 0 Å². The molecule has 0 amide bonds. The maximum absolute atomic E-state index is 4.00. The van der Waals surface area contributed by atoms with E-state index in [0.717, 1.165) is 6.42 Å². The summed E-state index contributed by atoms with van der Waals surface area (Å²) in [6.45, 7) is 10.9. The fraction of sp³-hybridized carbons (Fsp3) is 0.467. The number of hydrogen-bond acceptors (Lipinski definition) is 1. The lowest BCUT2D eigenvalue weighted by molar-refractivity contribution is 0.632. The minimum absolute atomic E-state index is 0.137. The van der Waals surface area contributed by atoms with E-state index in [1.165, 1.54) is 16.8 Å². The molecule has 1 rings (SSSR count). The van der Waals surface area contributed by atoms with E-state index in [1.54, 1.807) is 0 Å². The molecular weight excluding hydrogens is 194 g/mol. The monoisotopic (exact) mass is 217 g/mol. The third-order valence-electron chi connectivity index (χ3n) is 2.27. The Balaban J connectivity index is 0.00000106. The van der Waals surface area contributed by atoms with E-state index in [-0.39, 0.29) is 5.54 Å². The van der Waals surface area contributed by atoms with Crippen LogP contribution in [0.3, 0.4) is 0 Å². The smallest absolute Gasteiger partial charge is 0.0379 e. The van der Waals surface area contributed by atoms with E-state index in [0.29, 0.717) is 0 Å². The van der Waals surface area contributed by atoms with Crippen LogP contribution in [-0.2, 0) is 6.42 Å². The van der Waals surface area contributed by atoms with Gasteiger partial charge in [0.2, 0.25) is 0 Å². The Morgan fingerprint density at radius 1 is 1.19 bits per heavy atom. The second kappa shape index (κ2) is 6.23. The molecule has 16 heavy (non-hydrogen) atoms. The second-order valence-electron chi connectivity index (χ2n) is 4.83. The van der Waals surface area contributed by atoms with E-state index < -0.39 is 0 Å². The maximum Gasteiger partial charge on any atom is 0.0379 e. The molecule has 0 fully saturated rings. The molecule has 1 nitrogen and oxygen atoms in total. The molecule has 1 aromatic rings. The average molecular weight is 217 g/mol. The Morgan fingerprint density at radius 3 is 2.19 bits per heavy atom. The van der Waals surface area contributed by atoms with Crippen LogP contribution in [0.15, 0.2) is 18.2 Å². The van der Waals surface area contributed by atoms with Gasteiger partial charge in [0.1, 0.15) is 0 Å². The Kier molecular flexibility index (Phi) is 5.67. The van der Waals surface area contributed by atoms with Gasteiger partial charge < -0.3 is 5.32 Å².